The van der Waals surface area contributed by atoms with Crippen molar-refractivity contribution in [2.45, 2.75) is 38.1 Å². The van der Waals surface area contributed by atoms with Crippen LogP contribution in [0.1, 0.15) is 37.7 Å². The molecule has 0 aromatic heterocycles. The molecule has 4 rings (SSSR count). The van der Waals surface area contributed by atoms with E-state index < -0.39 is 0 Å². The van der Waals surface area contributed by atoms with Gasteiger partial charge in [-0.3, -0.25) is 10.2 Å². The summed E-state index contributed by atoms with van der Waals surface area (Å²) in [7, 11) is 1.49. The van der Waals surface area contributed by atoms with E-state index in [0.29, 0.717) is 40.7 Å². The van der Waals surface area contributed by atoms with Gasteiger partial charge in [0, 0.05) is 30.6 Å². The fourth-order valence-corrected chi connectivity index (χ4v) is 5.05. The summed E-state index contributed by atoms with van der Waals surface area (Å²) in [6.07, 6.45) is 10.8. The molecule has 0 radical (unpaired) electrons. The number of fused-ring (bicyclic) bond motifs is 2. The van der Waals surface area contributed by atoms with Crippen LogP contribution >= 0.6 is 12.2 Å². The van der Waals surface area contributed by atoms with E-state index in [1.54, 1.807) is 18.2 Å². The van der Waals surface area contributed by atoms with E-state index in [2.05, 4.69) is 38.4 Å². The molecule has 2 aliphatic carbocycles. The number of carbonyl (C=O) groups is 1. The lowest BCUT2D eigenvalue weighted by Crippen LogP contribution is -2.51. The number of phenolic OH excluding ortho intramolecular Hbond substituents is 1. The highest BCUT2D eigenvalue weighted by atomic mass is 32.1. The first-order valence-electron chi connectivity index (χ1n) is 11.2. The highest BCUT2D eigenvalue weighted by Gasteiger charge is 2.35. The van der Waals surface area contributed by atoms with Crippen molar-refractivity contribution in [2.75, 3.05) is 20.2 Å². The van der Waals surface area contributed by atoms with Crippen LogP contribution in [-0.4, -0.2) is 53.5 Å². The van der Waals surface area contributed by atoms with Gasteiger partial charge in [0.25, 0.3) is 0 Å². The largest absolute Gasteiger partial charge is 0.504 e. The topological polar surface area (TPSA) is 98.2 Å². The van der Waals surface area contributed by atoms with E-state index in [0.717, 1.165) is 32.4 Å². The zero-order valence-corrected chi connectivity index (χ0v) is 19.1. The third-order valence-corrected chi connectivity index (χ3v) is 7.02. The van der Waals surface area contributed by atoms with E-state index in [4.69, 9.17) is 17.0 Å². The minimum absolute atomic E-state index is 0.00539. The lowest BCUT2D eigenvalue weighted by Gasteiger charge is -2.27. The maximum absolute atomic E-state index is 12.6. The molecule has 4 N–H and O–H groups in total. The van der Waals surface area contributed by atoms with Crippen molar-refractivity contribution >= 4 is 29.5 Å². The predicted octanol–water partition coefficient (Wildman–Crippen LogP) is 2.30. The molecule has 9 heteroatoms. The van der Waals surface area contributed by atoms with E-state index in [-0.39, 0.29) is 17.6 Å². The first-order valence-corrected chi connectivity index (χ1v) is 11.6. The highest BCUT2D eigenvalue weighted by molar-refractivity contribution is 7.80. The molecule has 172 valence electrons. The molecule has 8 nitrogen and oxygen atoms in total. The molecule has 2 bridgehead atoms. The van der Waals surface area contributed by atoms with Gasteiger partial charge in [-0.2, -0.15) is 5.10 Å². The Labute approximate surface area is 194 Å². The molecular formula is C23H31N5O3S. The predicted molar refractivity (Wildman–Crippen MR) is 127 cm³/mol. The monoisotopic (exact) mass is 457 g/mol. The van der Waals surface area contributed by atoms with Gasteiger partial charge in [-0.15, -0.1) is 0 Å². The van der Waals surface area contributed by atoms with Gasteiger partial charge in [-0.25, -0.2) is 10.9 Å². The van der Waals surface area contributed by atoms with Crippen LogP contribution in [0.2, 0.25) is 0 Å². The van der Waals surface area contributed by atoms with Crippen molar-refractivity contribution in [1.29, 1.82) is 0 Å². The number of allylic oxidation sites excluding steroid dienone is 1. The molecule has 1 heterocycles. The summed E-state index contributed by atoms with van der Waals surface area (Å²) in [5.74, 6) is 1.43. The van der Waals surface area contributed by atoms with Crippen LogP contribution in [0.5, 0.6) is 11.5 Å². The van der Waals surface area contributed by atoms with Gasteiger partial charge in [-0.1, -0.05) is 18.2 Å². The van der Waals surface area contributed by atoms with Crippen LogP contribution in [0.3, 0.4) is 0 Å². The van der Waals surface area contributed by atoms with E-state index >= 15 is 0 Å². The number of benzene rings is 1. The Morgan fingerprint density at radius 3 is 2.91 bits per heavy atom. The molecule has 2 fully saturated rings. The summed E-state index contributed by atoms with van der Waals surface area (Å²) in [4.78, 5) is 14.7. The molecule has 1 aliphatic heterocycles. The average Bonchev–Trinajstić information content (AvgIpc) is 3.33. The number of aromatic hydroxyl groups is 1. The third kappa shape index (κ3) is 5.21. The van der Waals surface area contributed by atoms with Gasteiger partial charge in [0.1, 0.15) is 0 Å². The van der Waals surface area contributed by atoms with Crippen molar-refractivity contribution in [3.05, 3.63) is 35.9 Å². The molecular weight excluding hydrogens is 426 g/mol. The van der Waals surface area contributed by atoms with E-state index in [1.165, 1.54) is 19.7 Å². The minimum Gasteiger partial charge on any atom is -0.504 e. The number of ether oxygens (including phenoxy) is 1. The van der Waals surface area contributed by atoms with Gasteiger partial charge in [0.05, 0.1) is 13.3 Å². The first kappa shape index (κ1) is 22.5. The van der Waals surface area contributed by atoms with Gasteiger partial charge in [0.2, 0.25) is 5.91 Å². The summed E-state index contributed by atoms with van der Waals surface area (Å²) in [5.41, 5.74) is 9.73. The summed E-state index contributed by atoms with van der Waals surface area (Å²) < 4.78 is 5.08. The van der Waals surface area contributed by atoms with Crippen molar-refractivity contribution in [3.8, 4) is 11.5 Å². The molecule has 0 spiro atoms. The number of rotatable bonds is 6. The number of methoxy groups -OCH3 is 1. The Hall–Kier alpha value is -2.65. The van der Waals surface area contributed by atoms with Gasteiger partial charge in [-0.05, 0) is 68.3 Å². The highest BCUT2D eigenvalue weighted by Crippen LogP contribution is 2.38. The Morgan fingerprint density at radius 2 is 2.16 bits per heavy atom. The minimum atomic E-state index is -0.123. The number of hydrazine groups is 1. The number of amides is 1. The average molecular weight is 458 g/mol. The maximum atomic E-state index is 12.6. The molecule has 1 saturated heterocycles. The van der Waals surface area contributed by atoms with E-state index in [1.807, 2.05) is 0 Å². The van der Waals surface area contributed by atoms with Gasteiger partial charge in [0.15, 0.2) is 16.6 Å². The molecule has 4 unspecified atom stereocenters. The van der Waals surface area contributed by atoms with Crippen LogP contribution in [0.4, 0.5) is 0 Å². The molecule has 4 atom stereocenters. The number of hydrogen-bond acceptors (Lipinski definition) is 6. The zero-order chi connectivity index (χ0) is 22.5. The quantitative estimate of drug-likeness (QED) is 0.225. The maximum Gasteiger partial charge on any atom is 0.243 e. The lowest BCUT2D eigenvalue weighted by molar-refractivity contribution is -0.125. The van der Waals surface area contributed by atoms with Crippen molar-refractivity contribution in [3.63, 3.8) is 0 Å². The fourth-order valence-electron chi connectivity index (χ4n) is 4.81. The number of phenols is 1. The normalized spacial score (nSPS) is 26.8. The molecule has 3 aliphatic rings. The van der Waals surface area contributed by atoms with Crippen molar-refractivity contribution < 1.29 is 14.6 Å². The number of thiocarbonyl (C=S) groups is 1. The zero-order valence-electron chi connectivity index (χ0n) is 18.3. The first-order chi connectivity index (χ1) is 15.5. The summed E-state index contributed by atoms with van der Waals surface area (Å²) in [6, 6.07) is 5.55. The Bertz CT molecular complexity index is 906. The smallest absolute Gasteiger partial charge is 0.243 e. The fraction of sp³-hybridized carbons (Fsp3) is 0.522. The molecule has 32 heavy (non-hydrogen) atoms. The van der Waals surface area contributed by atoms with Gasteiger partial charge < -0.3 is 14.7 Å². The van der Waals surface area contributed by atoms with Crippen molar-refractivity contribution in [1.82, 2.24) is 21.2 Å². The molecule has 1 amide bonds. The van der Waals surface area contributed by atoms with Crippen LogP contribution in [0.15, 0.2) is 35.5 Å². The number of carbonyl (C=O) groups excluding carboxylic acids is 1. The molecule has 1 saturated carbocycles. The van der Waals surface area contributed by atoms with Crippen LogP contribution in [0, 0.1) is 17.8 Å². The second-order valence-corrected chi connectivity index (χ2v) is 9.10. The SMILES string of the molecule is COc1cccc(/C=N/NC(=O)C2CCCN(C(=S)NNC3CC4C=CC3C4)CC2)c1O. The number of hydrazone groups is 1. The number of nitrogens with zero attached hydrogens (tertiary/aromatic N) is 2. The van der Waals surface area contributed by atoms with Gasteiger partial charge >= 0.3 is 0 Å². The van der Waals surface area contributed by atoms with Crippen LogP contribution in [-0.2, 0) is 4.79 Å². The molecule has 1 aromatic carbocycles. The summed E-state index contributed by atoms with van der Waals surface area (Å²) >= 11 is 5.59. The standard InChI is InChI=1S/C23H31N5O3S/c1-31-20-6-2-4-18(21(20)29)14-24-26-22(30)16-5-3-10-28(11-9-16)23(32)27-25-19-13-15-7-8-17(19)12-15/h2,4,6-8,14-17,19,25,29H,3,5,9-13H2,1H3,(H,26,30)(H,27,32)/b24-14+. The number of nitrogens with one attached hydrogen (secondary N) is 3. The van der Waals surface area contributed by atoms with Crippen LogP contribution < -0.4 is 21.0 Å². The summed E-state index contributed by atoms with van der Waals surface area (Å²) in [6.45, 7) is 1.55. The van der Waals surface area contributed by atoms with Crippen molar-refractivity contribution in [2.24, 2.45) is 22.9 Å². The Kier molecular flexibility index (Phi) is 7.26. The number of hydrogen-bond donors (Lipinski definition) is 4. The van der Waals surface area contributed by atoms with E-state index in [9.17, 15) is 9.90 Å². The van der Waals surface area contributed by atoms with Crippen LogP contribution in [0.25, 0.3) is 0 Å². The second kappa shape index (κ2) is 10.3. The summed E-state index contributed by atoms with van der Waals surface area (Å²) in [5, 5.41) is 14.8. The second-order valence-electron chi connectivity index (χ2n) is 8.71. The Morgan fingerprint density at radius 1 is 1.28 bits per heavy atom. The number of para-hydroxylation sites is 1. The lowest BCUT2D eigenvalue weighted by atomic mass is 10.0. The Balaban J connectivity index is 1.22. The third-order valence-electron chi connectivity index (χ3n) is 6.66. The molecule has 1 aromatic rings. The number of likely N-dealkylation sites (tertiary alicyclic amines) is 1.